The van der Waals surface area contributed by atoms with Crippen LogP contribution in [0.3, 0.4) is 0 Å². The summed E-state index contributed by atoms with van der Waals surface area (Å²) in [6.07, 6.45) is 0. The Kier molecular flexibility index (Phi) is 5.49. The average Bonchev–Trinajstić information content (AvgIpc) is 3.13. The highest BCUT2D eigenvalue weighted by atomic mass is 16.5. The van der Waals surface area contributed by atoms with Crippen molar-refractivity contribution < 1.29 is 28.2 Å². The van der Waals surface area contributed by atoms with Gasteiger partial charge in [-0.3, -0.25) is 0 Å². The Bertz CT molecular complexity index is 997. The Morgan fingerprint density at radius 1 is 0.714 bits per heavy atom. The first-order valence-electron chi connectivity index (χ1n) is 8.55. The van der Waals surface area contributed by atoms with Gasteiger partial charge >= 0.3 is 11.9 Å². The Labute approximate surface area is 162 Å². The molecular weight excluding hydrogens is 360 g/mol. The van der Waals surface area contributed by atoms with Crippen molar-refractivity contribution in [1.29, 1.82) is 0 Å². The molecule has 0 radical (unpaired) electrons. The van der Waals surface area contributed by atoms with Crippen LogP contribution in [0.1, 0.15) is 26.3 Å². The van der Waals surface area contributed by atoms with Crippen LogP contribution in [0.15, 0.2) is 52.9 Å². The normalized spacial score (nSPS) is 10.4. The number of ether oxygens (including phenoxy) is 3. The molecule has 0 saturated heterocycles. The molecule has 0 fully saturated rings. The summed E-state index contributed by atoms with van der Waals surface area (Å²) in [5.41, 5.74) is 2.36. The molecule has 0 atom stereocenters. The van der Waals surface area contributed by atoms with Crippen molar-refractivity contribution in [3.05, 3.63) is 65.2 Å². The molecule has 3 rings (SSSR count). The molecule has 3 aromatic rings. The van der Waals surface area contributed by atoms with E-state index in [2.05, 4.69) is 0 Å². The molecule has 6 nitrogen and oxygen atoms in total. The zero-order valence-electron chi connectivity index (χ0n) is 16.1. The number of methoxy groups -OCH3 is 3. The molecule has 2 aromatic carbocycles. The molecule has 6 heteroatoms. The van der Waals surface area contributed by atoms with Crippen LogP contribution in [0.25, 0.3) is 22.6 Å². The van der Waals surface area contributed by atoms with Gasteiger partial charge in [-0.15, -0.1) is 0 Å². The predicted octanol–water partition coefficient (Wildman–Crippen LogP) is 4.50. The van der Waals surface area contributed by atoms with Gasteiger partial charge in [-0.25, -0.2) is 9.59 Å². The Morgan fingerprint density at radius 3 is 1.54 bits per heavy atom. The lowest BCUT2D eigenvalue weighted by Gasteiger charge is -2.05. The molecule has 0 N–H and O–H groups in total. The molecule has 0 aliphatic carbocycles. The maximum absolute atomic E-state index is 12.6. The minimum atomic E-state index is -0.687. The molecule has 1 aromatic heterocycles. The number of carbonyl (C=O) groups excluding carboxylic acids is 2. The van der Waals surface area contributed by atoms with Crippen molar-refractivity contribution in [3.63, 3.8) is 0 Å². The highest BCUT2D eigenvalue weighted by Gasteiger charge is 2.32. The lowest BCUT2D eigenvalue weighted by atomic mass is 10.0. The van der Waals surface area contributed by atoms with E-state index < -0.39 is 11.9 Å². The van der Waals surface area contributed by atoms with Gasteiger partial charge in [-0.1, -0.05) is 29.8 Å². The van der Waals surface area contributed by atoms with E-state index in [4.69, 9.17) is 18.6 Å². The van der Waals surface area contributed by atoms with E-state index in [9.17, 15) is 9.59 Å². The third kappa shape index (κ3) is 3.49. The molecule has 1 heterocycles. The van der Waals surface area contributed by atoms with Crippen LogP contribution in [0.5, 0.6) is 5.75 Å². The fraction of sp³-hybridized carbons (Fsp3) is 0.182. The molecule has 0 aliphatic rings. The molecule has 0 unspecified atom stereocenters. The van der Waals surface area contributed by atoms with Crippen LogP contribution in [-0.2, 0) is 9.47 Å². The summed E-state index contributed by atoms with van der Waals surface area (Å²) in [6, 6.07) is 14.4. The number of benzene rings is 2. The maximum atomic E-state index is 12.6. The Hall–Kier alpha value is -3.54. The van der Waals surface area contributed by atoms with Gasteiger partial charge < -0.3 is 18.6 Å². The third-order valence-electron chi connectivity index (χ3n) is 4.35. The first-order valence-corrected chi connectivity index (χ1v) is 8.55. The van der Waals surface area contributed by atoms with Crippen molar-refractivity contribution in [2.45, 2.75) is 6.92 Å². The largest absolute Gasteiger partial charge is 0.497 e. The van der Waals surface area contributed by atoms with Gasteiger partial charge in [0.15, 0.2) is 0 Å². The summed E-state index contributed by atoms with van der Waals surface area (Å²) < 4.78 is 21.0. The zero-order chi connectivity index (χ0) is 20.3. The fourth-order valence-electron chi connectivity index (χ4n) is 2.88. The van der Waals surface area contributed by atoms with E-state index >= 15 is 0 Å². The van der Waals surface area contributed by atoms with Gasteiger partial charge in [0.1, 0.15) is 28.4 Å². The lowest BCUT2D eigenvalue weighted by Crippen LogP contribution is -2.11. The van der Waals surface area contributed by atoms with E-state index in [0.717, 1.165) is 5.56 Å². The second kappa shape index (κ2) is 8.00. The van der Waals surface area contributed by atoms with Crippen LogP contribution in [0, 0.1) is 6.92 Å². The van der Waals surface area contributed by atoms with E-state index in [0.29, 0.717) is 16.9 Å². The smallest absolute Gasteiger partial charge is 0.342 e. The van der Waals surface area contributed by atoms with Crippen molar-refractivity contribution in [2.24, 2.45) is 0 Å². The molecule has 0 bridgehead atoms. The predicted molar refractivity (Wildman–Crippen MR) is 104 cm³/mol. The SMILES string of the molecule is COC(=O)c1c(-c2ccc(C)cc2)oc(-c2ccc(OC)cc2)c1C(=O)OC. The van der Waals surface area contributed by atoms with Gasteiger partial charge in [0.2, 0.25) is 0 Å². The molecule has 144 valence electrons. The number of hydrogen-bond acceptors (Lipinski definition) is 6. The number of aryl methyl sites for hydroxylation is 1. The van der Waals surface area contributed by atoms with Crippen molar-refractivity contribution >= 4 is 11.9 Å². The molecular formula is C22H20O6. The van der Waals surface area contributed by atoms with Crippen LogP contribution in [0.4, 0.5) is 0 Å². The summed E-state index contributed by atoms with van der Waals surface area (Å²) in [4.78, 5) is 25.1. The van der Waals surface area contributed by atoms with Gasteiger partial charge in [0.25, 0.3) is 0 Å². The Morgan fingerprint density at radius 2 is 1.14 bits per heavy atom. The van der Waals surface area contributed by atoms with Crippen LogP contribution >= 0.6 is 0 Å². The third-order valence-corrected chi connectivity index (χ3v) is 4.35. The number of furan rings is 1. The van der Waals surface area contributed by atoms with Crippen LogP contribution < -0.4 is 4.74 Å². The first-order chi connectivity index (χ1) is 13.5. The van der Waals surface area contributed by atoms with Crippen molar-refractivity contribution in [3.8, 4) is 28.4 Å². The van der Waals surface area contributed by atoms with Gasteiger partial charge in [0.05, 0.1) is 21.3 Å². The minimum Gasteiger partial charge on any atom is -0.497 e. The molecule has 0 spiro atoms. The monoisotopic (exact) mass is 380 g/mol. The molecule has 0 aliphatic heterocycles. The minimum absolute atomic E-state index is 0.0232. The fourth-order valence-corrected chi connectivity index (χ4v) is 2.88. The summed E-state index contributed by atoms with van der Waals surface area (Å²) in [5, 5.41) is 0. The van der Waals surface area contributed by atoms with Crippen molar-refractivity contribution in [2.75, 3.05) is 21.3 Å². The standard InChI is InChI=1S/C22H20O6/c1-13-5-7-14(8-6-13)19-17(21(23)26-3)18(22(24)27-4)20(28-19)15-9-11-16(25-2)12-10-15/h5-12H,1-4H3. The Balaban J connectivity index is 2.30. The van der Waals surface area contributed by atoms with E-state index in [1.165, 1.54) is 14.2 Å². The van der Waals surface area contributed by atoms with Crippen LogP contribution in [0.2, 0.25) is 0 Å². The molecule has 0 amide bonds. The molecule has 28 heavy (non-hydrogen) atoms. The van der Waals surface area contributed by atoms with E-state index in [-0.39, 0.29) is 22.6 Å². The number of hydrogen-bond donors (Lipinski definition) is 0. The highest BCUT2D eigenvalue weighted by Crippen LogP contribution is 2.38. The number of rotatable bonds is 5. The quantitative estimate of drug-likeness (QED) is 0.607. The summed E-state index contributed by atoms with van der Waals surface area (Å²) in [6.45, 7) is 1.95. The lowest BCUT2D eigenvalue weighted by molar-refractivity contribution is 0.0558. The van der Waals surface area contributed by atoms with Gasteiger partial charge in [0, 0.05) is 11.1 Å². The van der Waals surface area contributed by atoms with Gasteiger partial charge in [-0.05, 0) is 31.2 Å². The maximum Gasteiger partial charge on any atom is 0.342 e. The second-order valence-corrected chi connectivity index (χ2v) is 6.09. The number of esters is 2. The second-order valence-electron chi connectivity index (χ2n) is 6.09. The number of carbonyl (C=O) groups is 2. The zero-order valence-corrected chi connectivity index (χ0v) is 16.1. The average molecular weight is 380 g/mol. The van der Waals surface area contributed by atoms with Crippen molar-refractivity contribution in [1.82, 2.24) is 0 Å². The highest BCUT2D eigenvalue weighted by molar-refractivity contribution is 6.10. The summed E-state index contributed by atoms with van der Waals surface area (Å²) in [7, 11) is 4.06. The molecule has 0 saturated carbocycles. The summed E-state index contributed by atoms with van der Waals surface area (Å²) >= 11 is 0. The van der Waals surface area contributed by atoms with E-state index in [1.807, 2.05) is 31.2 Å². The van der Waals surface area contributed by atoms with Crippen LogP contribution in [-0.4, -0.2) is 33.3 Å². The topological polar surface area (TPSA) is 75.0 Å². The first kappa shape index (κ1) is 19.2. The van der Waals surface area contributed by atoms with Gasteiger partial charge in [-0.2, -0.15) is 0 Å². The van der Waals surface area contributed by atoms with E-state index in [1.54, 1.807) is 31.4 Å². The summed E-state index contributed by atoms with van der Waals surface area (Å²) in [5.74, 6) is -0.238.